The van der Waals surface area contributed by atoms with Crippen LogP contribution in [0.2, 0.25) is 0 Å². The quantitative estimate of drug-likeness (QED) is 0.850. The summed E-state index contributed by atoms with van der Waals surface area (Å²) >= 11 is 0. The van der Waals surface area contributed by atoms with E-state index in [9.17, 15) is 9.59 Å². The molecule has 1 atom stereocenters. The largest absolute Gasteiger partial charge is 0.439 e. The highest BCUT2D eigenvalue weighted by Crippen LogP contribution is 2.39. The monoisotopic (exact) mass is 290 g/mol. The molecule has 1 spiro atoms. The Balaban J connectivity index is 1.49. The molecule has 2 amide bonds. The summed E-state index contributed by atoms with van der Waals surface area (Å²) < 4.78 is 5.39. The number of alkyl carbamates (subject to hydrolysis) is 1. The summed E-state index contributed by atoms with van der Waals surface area (Å²) in [6, 6.07) is 1.86. The maximum absolute atomic E-state index is 12.6. The smallest absolute Gasteiger partial charge is 0.407 e. The standard InChI is InChI=1S/C14H18N4O3/c19-12(11-6-10(16-17-11)9-2-3-9)18-5-1-4-14(8-18)7-15-13(20)21-14/h6,9H,1-5,7-8H2,(H,15,20)(H,16,17). The number of hydrogen-bond acceptors (Lipinski definition) is 4. The zero-order valence-electron chi connectivity index (χ0n) is 11.7. The molecule has 1 aliphatic carbocycles. The van der Waals surface area contributed by atoms with Gasteiger partial charge in [0.05, 0.1) is 13.1 Å². The lowest BCUT2D eigenvalue weighted by Gasteiger charge is -2.37. The van der Waals surface area contributed by atoms with Crippen LogP contribution in [-0.2, 0) is 4.74 Å². The number of aromatic amines is 1. The Morgan fingerprint density at radius 2 is 2.33 bits per heavy atom. The number of aromatic nitrogens is 2. The number of ether oxygens (including phenoxy) is 1. The number of rotatable bonds is 2. The molecule has 0 radical (unpaired) electrons. The van der Waals surface area contributed by atoms with Gasteiger partial charge >= 0.3 is 6.09 Å². The lowest BCUT2D eigenvalue weighted by atomic mass is 9.93. The molecule has 3 fully saturated rings. The van der Waals surface area contributed by atoms with Gasteiger partial charge in [0.25, 0.3) is 5.91 Å². The van der Waals surface area contributed by atoms with Crippen LogP contribution in [0.5, 0.6) is 0 Å². The van der Waals surface area contributed by atoms with Crippen LogP contribution in [0.25, 0.3) is 0 Å². The van der Waals surface area contributed by atoms with Gasteiger partial charge < -0.3 is 15.0 Å². The van der Waals surface area contributed by atoms with Gasteiger partial charge in [-0.2, -0.15) is 5.10 Å². The Kier molecular flexibility index (Phi) is 2.70. The van der Waals surface area contributed by atoms with Crippen molar-refractivity contribution in [3.8, 4) is 0 Å². The van der Waals surface area contributed by atoms with Crippen LogP contribution in [0.3, 0.4) is 0 Å². The van der Waals surface area contributed by atoms with E-state index < -0.39 is 5.60 Å². The van der Waals surface area contributed by atoms with Gasteiger partial charge in [0.2, 0.25) is 0 Å². The second-order valence-corrected chi connectivity index (χ2v) is 6.24. The number of carbonyl (C=O) groups excluding carboxylic acids is 2. The van der Waals surface area contributed by atoms with Gasteiger partial charge in [0.15, 0.2) is 0 Å². The Morgan fingerprint density at radius 3 is 3.05 bits per heavy atom. The van der Waals surface area contributed by atoms with Crippen LogP contribution in [-0.4, -0.2) is 52.3 Å². The molecule has 3 aliphatic rings. The van der Waals surface area contributed by atoms with Crippen LogP contribution in [0.15, 0.2) is 6.07 Å². The normalized spacial score (nSPS) is 28.6. The predicted octanol–water partition coefficient (Wildman–Crippen LogP) is 1.00. The molecule has 4 rings (SSSR count). The highest BCUT2D eigenvalue weighted by atomic mass is 16.6. The molecule has 2 aliphatic heterocycles. The summed E-state index contributed by atoms with van der Waals surface area (Å²) in [7, 11) is 0. The molecule has 7 heteroatoms. The van der Waals surface area contributed by atoms with Crippen molar-refractivity contribution < 1.29 is 14.3 Å². The molecule has 1 saturated carbocycles. The third kappa shape index (κ3) is 2.26. The number of nitrogens with one attached hydrogen (secondary N) is 2. The van der Waals surface area contributed by atoms with E-state index in [1.54, 1.807) is 4.90 Å². The van der Waals surface area contributed by atoms with Crippen LogP contribution in [0.4, 0.5) is 4.79 Å². The predicted molar refractivity (Wildman–Crippen MR) is 72.9 cm³/mol. The molecule has 0 bridgehead atoms. The maximum Gasteiger partial charge on any atom is 0.407 e. The zero-order chi connectivity index (χ0) is 14.4. The Hall–Kier alpha value is -2.05. The van der Waals surface area contributed by atoms with E-state index in [4.69, 9.17) is 4.74 Å². The Morgan fingerprint density at radius 1 is 1.48 bits per heavy atom. The Bertz CT molecular complexity index is 595. The molecule has 3 heterocycles. The fourth-order valence-corrected chi connectivity index (χ4v) is 3.21. The number of piperidine rings is 1. The first-order valence-corrected chi connectivity index (χ1v) is 7.47. The molecule has 112 valence electrons. The van der Waals surface area contributed by atoms with Crippen molar-refractivity contribution >= 4 is 12.0 Å². The second-order valence-electron chi connectivity index (χ2n) is 6.24. The lowest BCUT2D eigenvalue weighted by Crippen LogP contribution is -2.52. The van der Waals surface area contributed by atoms with Gasteiger partial charge in [0.1, 0.15) is 11.3 Å². The average Bonchev–Trinajstić information content (AvgIpc) is 3.11. The van der Waals surface area contributed by atoms with Crippen molar-refractivity contribution in [3.63, 3.8) is 0 Å². The van der Waals surface area contributed by atoms with Crippen LogP contribution in [0.1, 0.15) is 47.8 Å². The average molecular weight is 290 g/mol. The summed E-state index contributed by atoms with van der Waals surface area (Å²) in [4.78, 5) is 25.6. The molecule has 2 saturated heterocycles. The van der Waals surface area contributed by atoms with Gasteiger partial charge in [-0.25, -0.2) is 4.79 Å². The van der Waals surface area contributed by atoms with Crippen molar-refractivity contribution in [1.82, 2.24) is 20.4 Å². The first-order chi connectivity index (χ1) is 10.2. The van der Waals surface area contributed by atoms with E-state index in [-0.39, 0.29) is 12.0 Å². The number of carbonyl (C=O) groups is 2. The van der Waals surface area contributed by atoms with E-state index in [1.807, 2.05) is 6.07 Å². The molecule has 7 nitrogen and oxygen atoms in total. The van der Waals surface area contributed by atoms with E-state index in [0.29, 0.717) is 31.2 Å². The number of likely N-dealkylation sites (tertiary alicyclic amines) is 1. The molecule has 21 heavy (non-hydrogen) atoms. The molecule has 1 aromatic rings. The number of amides is 2. The minimum absolute atomic E-state index is 0.0832. The number of hydrogen-bond donors (Lipinski definition) is 2. The van der Waals surface area contributed by atoms with Crippen molar-refractivity contribution in [1.29, 1.82) is 0 Å². The van der Waals surface area contributed by atoms with Gasteiger partial charge in [0, 0.05) is 18.2 Å². The topological polar surface area (TPSA) is 87.3 Å². The molecular weight excluding hydrogens is 272 g/mol. The van der Waals surface area contributed by atoms with Gasteiger partial charge in [-0.05, 0) is 31.7 Å². The minimum atomic E-state index is -0.555. The molecule has 1 unspecified atom stereocenters. The Labute approximate surface area is 122 Å². The number of nitrogens with zero attached hydrogens (tertiary/aromatic N) is 2. The zero-order valence-corrected chi connectivity index (χ0v) is 11.7. The van der Waals surface area contributed by atoms with Crippen LogP contribution in [0, 0.1) is 0 Å². The summed E-state index contributed by atoms with van der Waals surface area (Å²) in [5.74, 6) is 0.465. The number of H-pyrrole nitrogens is 1. The van der Waals surface area contributed by atoms with Crippen LogP contribution >= 0.6 is 0 Å². The van der Waals surface area contributed by atoms with E-state index in [0.717, 1.165) is 18.5 Å². The highest BCUT2D eigenvalue weighted by molar-refractivity contribution is 5.92. The molecule has 2 N–H and O–H groups in total. The lowest BCUT2D eigenvalue weighted by molar-refractivity contribution is -0.00523. The van der Waals surface area contributed by atoms with Crippen molar-refractivity contribution in [2.75, 3.05) is 19.6 Å². The summed E-state index contributed by atoms with van der Waals surface area (Å²) in [6.07, 6.45) is 3.58. The fraction of sp³-hybridized carbons (Fsp3) is 0.643. The van der Waals surface area contributed by atoms with E-state index in [1.165, 1.54) is 12.8 Å². The summed E-state index contributed by atoms with van der Waals surface area (Å²) in [5.41, 5.74) is 0.964. The van der Waals surface area contributed by atoms with Crippen molar-refractivity contribution in [2.24, 2.45) is 0 Å². The van der Waals surface area contributed by atoms with Gasteiger partial charge in [-0.3, -0.25) is 9.89 Å². The van der Waals surface area contributed by atoms with Gasteiger partial charge in [-0.1, -0.05) is 0 Å². The third-order valence-electron chi connectivity index (χ3n) is 4.52. The minimum Gasteiger partial charge on any atom is -0.439 e. The fourth-order valence-electron chi connectivity index (χ4n) is 3.21. The second kappa shape index (κ2) is 4.47. The third-order valence-corrected chi connectivity index (χ3v) is 4.52. The summed E-state index contributed by atoms with van der Waals surface area (Å²) in [6.45, 7) is 1.60. The van der Waals surface area contributed by atoms with Crippen molar-refractivity contribution in [3.05, 3.63) is 17.5 Å². The maximum atomic E-state index is 12.6. The SMILES string of the molecule is O=C1NCC2(CCCN(C(=O)c3cc(C4CC4)[nH]n3)C2)O1. The van der Waals surface area contributed by atoms with Crippen molar-refractivity contribution in [2.45, 2.75) is 37.2 Å². The molecular formula is C14H18N4O3. The molecule has 1 aromatic heterocycles. The molecule has 0 aromatic carbocycles. The van der Waals surface area contributed by atoms with E-state index in [2.05, 4.69) is 15.5 Å². The first kappa shape index (κ1) is 12.7. The first-order valence-electron chi connectivity index (χ1n) is 7.47. The highest BCUT2D eigenvalue weighted by Gasteiger charge is 2.45. The van der Waals surface area contributed by atoms with E-state index >= 15 is 0 Å². The van der Waals surface area contributed by atoms with Gasteiger partial charge in [-0.15, -0.1) is 0 Å². The summed E-state index contributed by atoms with van der Waals surface area (Å²) in [5, 5.41) is 9.79. The van der Waals surface area contributed by atoms with Crippen LogP contribution < -0.4 is 5.32 Å².